The van der Waals surface area contributed by atoms with E-state index in [0.29, 0.717) is 17.6 Å². The van der Waals surface area contributed by atoms with Gasteiger partial charge in [0.2, 0.25) is 0 Å². The molecule has 0 amide bonds. The standard InChI is InChI=1S/C17H20BrClN4S2/c1-9(2)5-10(20)6-12-15(18)16-17(25-12)11(7-13(19)23-16)22-8-14-21-3-4-24-14/h3-4,7,9-10H,5-6,8,20H2,1-2H3,(H,22,23)/t10-/m0/s1. The number of nitrogens with one attached hydrogen (secondary N) is 1. The maximum atomic E-state index is 6.31. The fourth-order valence-corrected chi connectivity index (χ4v) is 5.54. The van der Waals surface area contributed by atoms with E-state index in [1.165, 1.54) is 4.88 Å². The van der Waals surface area contributed by atoms with Gasteiger partial charge >= 0.3 is 0 Å². The van der Waals surface area contributed by atoms with Gasteiger partial charge in [-0.3, -0.25) is 0 Å². The van der Waals surface area contributed by atoms with Crippen LogP contribution in [0.25, 0.3) is 10.2 Å². The number of aromatic nitrogens is 2. The molecule has 3 aromatic heterocycles. The number of anilines is 1. The fourth-order valence-electron chi connectivity index (χ4n) is 2.75. The third kappa shape index (κ3) is 4.71. The van der Waals surface area contributed by atoms with Crippen molar-refractivity contribution in [3.63, 3.8) is 0 Å². The molecular weight excluding hydrogens is 440 g/mol. The van der Waals surface area contributed by atoms with Crippen LogP contribution in [0.1, 0.15) is 30.2 Å². The normalized spacial score (nSPS) is 12.9. The van der Waals surface area contributed by atoms with E-state index in [9.17, 15) is 0 Å². The fraction of sp³-hybridized carbons (Fsp3) is 0.412. The Morgan fingerprint density at radius 1 is 1.40 bits per heavy atom. The van der Waals surface area contributed by atoms with Gasteiger partial charge in [0.05, 0.1) is 26.9 Å². The number of thiazole rings is 1. The Morgan fingerprint density at radius 2 is 2.20 bits per heavy atom. The van der Waals surface area contributed by atoms with E-state index in [2.05, 4.69) is 45.1 Å². The predicted octanol–water partition coefficient (Wildman–Crippen LogP) is 5.70. The van der Waals surface area contributed by atoms with Gasteiger partial charge in [0.15, 0.2) is 0 Å². The first-order chi connectivity index (χ1) is 11.9. The molecule has 0 aliphatic rings. The highest BCUT2D eigenvalue weighted by molar-refractivity contribution is 9.10. The van der Waals surface area contributed by atoms with Gasteiger partial charge < -0.3 is 11.1 Å². The van der Waals surface area contributed by atoms with Crippen molar-refractivity contribution < 1.29 is 0 Å². The van der Waals surface area contributed by atoms with Gasteiger partial charge in [-0.1, -0.05) is 25.4 Å². The van der Waals surface area contributed by atoms with E-state index in [-0.39, 0.29) is 6.04 Å². The lowest BCUT2D eigenvalue weighted by atomic mass is 10.0. The number of nitrogens with two attached hydrogens (primary N) is 1. The second-order valence-electron chi connectivity index (χ2n) is 6.38. The molecule has 3 rings (SSSR count). The van der Waals surface area contributed by atoms with Gasteiger partial charge in [-0.05, 0) is 34.7 Å². The first kappa shape index (κ1) is 19.0. The second-order valence-corrected chi connectivity index (χ2v) is 9.65. The summed E-state index contributed by atoms with van der Waals surface area (Å²) in [6.45, 7) is 5.06. The summed E-state index contributed by atoms with van der Waals surface area (Å²) in [5.41, 5.74) is 8.19. The number of halogens is 2. The summed E-state index contributed by atoms with van der Waals surface area (Å²) in [5, 5.41) is 6.93. The molecule has 25 heavy (non-hydrogen) atoms. The Balaban J connectivity index is 1.88. The highest BCUT2D eigenvalue weighted by Crippen LogP contribution is 2.40. The Bertz CT molecular complexity index is 848. The number of rotatable bonds is 7. The molecule has 3 N–H and O–H groups in total. The molecule has 0 radical (unpaired) electrons. The Kier molecular flexibility index (Phi) is 6.33. The summed E-state index contributed by atoms with van der Waals surface area (Å²) in [5.74, 6) is 0.589. The smallest absolute Gasteiger partial charge is 0.131 e. The van der Waals surface area contributed by atoms with Crippen LogP contribution in [0, 0.1) is 5.92 Å². The lowest BCUT2D eigenvalue weighted by Gasteiger charge is -2.12. The topological polar surface area (TPSA) is 63.8 Å². The molecule has 0 aromatic carbocycles. The minimum atomic E-state index is 0.145. The second kappa shape index (κ2) is 8.31. The quantitative estimate of drug-likeness (QED) is 0.445. The van der Waals surface area contributed by atoms with Gasteiger partial charge in [-0.2, -0.15) is 0 Å². The van der Waals surface area contributed by atoms with Crippen LogP contribution in [0.3, 0.4) is 0 Å². The van der Waals surface area contributed by atoms with Crippen molar-refractivity contribution in [3.05, 3.63) is 37.2 Å². The average Bonchev–Trinajstić information content (AvgIpc) is 3.14. The van der Waals surface area contributed by atoms with Crippen molar-refractivity contribution in [1.82, 2.24) is 9.97 Å². The van der Waals surface area contributed by atoms with Crippen LogP contribution in [0.2, 0.25) is 5.15 Å². The molecule has 0 bridgehead atoms. The zero-order valence-corrected chi connectivity index (χ0v) is 18.0. The minimum Gasteiger partial charge on any atom is -0.377 e. The number of thiophene rings is 1. The summed E-state index contributed by atoms with van der Waals surface area (Å²) in [7, 11) is 0. The maximum Gasteiger partial charge on any atom is 0.131 e. The van der Waals surface area contributed by atoms with Gasteiger partial charge in [-0.25, -0.2) is 9.97 Å². The summed E-state index contributed by atoms with van der Waals surface area (Å²) in [6, 6.07) is 2.02. The lowest BCUT2D eigenvalue weighted by molar-refractivity contribution is 0.495. The third-order valence-corrected chi connectivity index (χ3v) is 7.08. The number of fused-ring (bicyclic) bond motifs is 1. The molecule has 134 valence electrons. The summed E-state index contributed by atoms with van der Waals surface area (Å²) < 4.78 is 2.10. The van der Waals surface area contributed by atoms with Crippen molar-refractivity contribution in [2.45, 2.75) is 39.3 Å². The van der Waals surface area contributed by atoms with E-state index in [1.807, 2.05) is 17.6 Å². The number of hydrogen-bond donors (Lipinski definition) is 2. The largest absolute Gasteiger partial charge is 0.377 e. The van der Waals surface area contributed by atoms with Gasteiger partial charge in [0, 0.05) is 28.6 Å². The van der Waals surface area contributed by atoms with Crippen LogP contribution in [0.5, 0.6) is 0 Å². The van der Waals surface area contributed by atoms with Crippen LogP contribution in [0.4, 0.5) is 5.69 Å². The Morgan fingerprint density at radius 3 is 2.88 bits per heavy atom. The van der Waals surface area contributed by atoms with Crippen molar-refractivity contribution >= 4 is 66.1 Å². The van der Waals surface area contributed by atoms with Crippen LogP contribution in [0.15, 0.2) is 22.1 Å². The Hall–Kier alpha value is -0.730. The molecule has 1 atom stereocenters. The van der Waals surface area contributed by atoms with E-state index < -0.39 is 0 Å². The molecule has 8 heteroatoms. The molecule has 0 spiro atoms. The summed E-state index contributed by atoms with van der Waals surface area (Å²) in [4.78, 5) is 10.0. The molecule has 3 heterocycles. The molecule has 4 nitrogen and oxygen atoms in total. The number of nitrogens with zero attached hydrogens (tertiary/aromatic N) is 2. The number of hydrogen-bond acceptors (Lipinski definition) is 6. The molecule has 0 aliphatic carbocycles. The molecule has 0 fully saturated rings. The highest BCUT2D eigenvalue weighted by Gasteiger charge is 2.18. The third-order valence-electron chi connectivity index (χ3n) is 3.75. The molecule has 3 aromatic rings. The van der Waals surface area contributed by atoms with Crippen molar-refractivity contribution in [3.8, 4) is 0 Å². The van der Waals surface area contributed by atoms with Crippen LogP contribution in [-0.4, -0.2) is 16.0 Å². The van der Waals surface area contributed by atoms with Gasteiger partial charge in [-0.15, -0.1) is 22.7 Å². The number of pyridine rings is 1. The summed E-state index contributed by atoms with van der Waals surface area (Å²) >= 11 is 13.3. The highest BCUT2D eigenvalue weighted by atomic mass is 79.9. The maximum absolute atomic E-state index is 6.31. The van der Waals surface area contributed by atoms with Gasteiger partial charge in [0.25, 0.3) is 0 Å². The first-order valence-electron chi connectivity index (χ1n) is 8.09. The molecule has 0 saturated carbocycles. The molecule has 0 unspecified atom stereocenters. The first-order valence-corrected chi connectivity index (χ1v) is 11.0. The molecule has 0 aliphatic heterocycles. The lowest BCUT2D eigenvalue weighted by Crippen LogP contribution is -2.24. The predicted molar refractivity (Wildman–Crippen MR) is 113 cm³/mol. The monoisotopic (exact) mass is 458 g/mol. The summed E-state index contributed by atoms with van der Waals surface area (Å²) in [6.07, 6.45) is 3.65. The van der Waals surface area contributed by atoms with E-state index in [1.54, 1.807) is 22.7 Å². The van der Waals surface area contributed by atoms with E-state index >= 15 is 0 Å². The van der Waals surface area contributed by atoms with Crippen LogP contribution >= 0.6 is 50.2 Å². The van der Waals surface area contributed by atoms with Gasteiger partial charge in [0.1, 0.15) is 10.2 Å². The minimum absolute atomic E-state index is 0.145. The zero-order chi connectivity index (χ0) is 18.0. The van der Waals surface area contributed by atoms with Crippen molar-refractivity contribution in [2.75, 3.05) is 5.32 Å². The SMILES string of the molecule is CC(C)C[C@H](N)Cc1sc2c(NCc3nccs3)cc(Cl)nc2c1Br. The van der Waals surface area contributed by atoms with Crippen molar-refractivity contribution in [1.29, 1.82) is 0 Å². The molecule has 0 saturated heterocycles. The average molecular weight is 460 g/mol. The van der Waals surface area contributed by atoms with E-state index in [0.717, 1.165) is 38.2 Å². The van der Waals surface area contributed by atoms with E-state index in [4.69, 9.17) is 17.3 Å². The Labute approximate surface area is 169 Å². The molecular formula is C17H20BrClN4S2. The van der Waals surface area contributed by atoms with Crippen LogP contribution < -0.4 is 11.1 Å². The zero-order valence-electron chi connectivity index (χ0n) is 14.1. The van der Waals surface area contributed by atoms with Crippen molar-refractivity contribution in [2.24, 2.45) is 11.7 Å². The van der Waals surface area contributed by atoms with Crippen LogP contribution in [-0.2, 0) is 13.0 Å².